The van der Waals surface area contributed by atoms with Crippen molar-refractivity contribution in [3.8, 4) is 28.5 Å². The Labute approximate surface area is 211 Å². The first-order chi connectivity index (χ1) is 17.4. The standard InChI is InChI=1S/C29H18ClN3O3/c1-17-4-2-7-24(30)26(17)28(34)33-25-15-22(21-6-3-5-18(14-21)16-31)12-13-23(25)27(32-33)19-8-10-20(11-9-19)29(35)36/h2-15H,1H3,(H,35,36). The van der Waals surface area contributed by atoms with Gasteiger partial charge in [-0.25, -0.2) is 4.79 Å². The van der Waals surface area contributed by atoms with Gasteiger partial charge in [0.05, 0.1) is 33.3 Å². The maximum absolute atomic E-state index is 13.7. The van der Waals surface area contributed by atoms with Gasteiger partial charge >= 0.3 is 5.97 Å². The molecule has 0 fully saturated rings. The van der Waals surface area contributed by atoms with Gasteiger partial charge in [0.15, 0.2) is 0 Å². The monoisotopic (exact) mass is 491 g/mol. The number of halogens is 1. The van der Waals surface area contributed by atoms with Crippen molar-refractivity contribution in [1.29, 1.82) is 5.26 Å². The van der Waals surface area contributed by atoms with E-state index in [2.05, 4.69) is 11.2 Å². The van der Waals surface area contributed by atoms with Gasteiger partial charge in [0, 0.05) is 10.9 Å². The van der Waals surface area contributed by atoms with Gasteiger partial charge < -0.3 is 5.11 Å². The van der Waals surface area contributed by atoms with Crippen LogP contribution in [0.15, 0.2) is 84.9 Å². The Morgan fingerprint density at radius 1 is 0.917 bits per heavy atom. The number of aromatic carboxylic acids is 1. The molecule has 4 aromatic carbocycles. The summed E-state index contributed by atoms with van der Waals surface area (Å²) in [6.45, 7) is 1.81. The van der Waals surface area contributed by atoms with Crippen LogP contribution in [0.25, 0.3) is 33.3 Å². The zero-order valence-electron chi connectivity index (χ0n) is 19.1. The predicted octanol–water partition coefficient (Wildman–Crippen LogP) is 6.59. The lowest BCUT2D eigenvalue weighted by atomic mass is 10.00. The molecule has 0 amide bonds. The summed E-state index contributed by atoms with van der Waals surface area (Å²) in [6, 6.07) is 26.6. The van der Waals surface area contributed by atoms with Crippen LogP contribution in [0.4, 0.5) is 0 Å². The molecule has 0 saturated carbocycles. The fourth-order valence-corrected chi connectivity index (χ4v) is 4.51. The number of hydrogen-bond donors (Lipinski definition) is 1. The molecule has 1 heterocycles. The van der Waals surface area contributed by atoms with Gasteiger partial charge in [-0.1, -0.05) is 54.1 Å². The minimum absolute atomic E-state index is 0.157. The Balaban J connectivity index is 1.74. The summed E-state index contributed by atoms with van der Waals surface area (Å²) in [6.07, 6.45) is 0. The van der Waals surface area contributed by atoms with Crippen molar-refractivity contribution in [2.24, 2.45) is 0 Å². The van der Waals surface area contributed by atoms with E-state index in [1.807, 2.05) is 43.3 Å². The predicted molar refractivity (Wildman–Crippen MR) is 138 cm³/mol. The summed E-state index contributed by atoms with van der Waals surface area (Å²) in [5.41, 5.74) is 5.19. The molecular weight excluding hydrogens is 474 g/mol. The highest BCUT2D eigenvalue weighted by Crippen LogP contribution is 2.33. The van der Waals surface area contributed by atoms with Crippen molar-refractivity contribution in [1.82, 2.24) is 9.78 Å². The molecule has 5 rings (SSSR count). The minimum atomic E-state index is -1.02. The Hall–Kier alpha value is -4.73. The smallest absolute Gasteiger partial charge is 0.335 e. The highest BCUT2D eigenvalue weighted by molar-refractivity contribution is 6.34. The highest BCUT2D eigenvalue weighted by Gasteiger charge is 2.22. The molecule has 0 aliphatic carbocycles. The number of hydrogen-bond acceptors (Lipinski definition) is 4. The number of rotatable bonds is 4. The van der Waals surface area contributed by atoms with Crippen LogP contribution in [0.1, 0.15) is 31.8 Å². The first-order valence-electron chi connectivity index (χ1n) is 11.0. The highest BCUT2D eigenvalue weighted by atomic mass is 35.5. The van der Waals surface area contributed by atoms with Crippen LogP contribution in [-0.2, 0) is 0 Å². The van der Waals surface area contributed by atoms with Gasteiger partial charge in [-0.05, 0) is 66.1 Å². The number of fused-ring (bicyclic) bond motifs is 1. The number of nitriles is 1. The van der Waals surface area contributed by atoms with Crippen molar-refractivity contribution < 1.29 is 14.7 Å². The number of nitrogens with zero attached hydrogens (tertiary/aromatic N) is 3. The van der Waals surface area contributed by atoms with Crippen LogP contribution >= 0.6 is 11.6 Å². The number of carboxylic acid groups (broad SMARTS) is 1. The lowest BCUT2D eigenvalue weighted by Crippen LogP contribution is -2.15. The topological polar surface area (TPSA) is 96.0 Å². The molecule has 0 unspecified atom stereocenters. The second-order valence-corrected chi connectivity index (χ2v) is 8.71. The summed E-state index contributed by atoms with van der Waals surface area (Å²) < 4.78 is 1.33. The number of carbonyl (C=O) groups is 2. The number of carboxylic acids is 1. The maximum atomic E-state index is 13.7. The van der Waals surface area contributed by atoms with E-state index in [1.54, 1.807) is 36.4 Å². The molecule has 6 nitrogen and oxygen atoms in total. The molecule has 7 heteroatoms. The van der Waals surface area contributed by atoms with E-state index in [9.17, 15) is 20.0 Å². The van der Waals surface area contributed by atoms with Gasteiger partial charge in [0.25, 0.3) is 5.91 Å². The summed E-state index contributed by atoms with van der Waals surface area (Å²) in [5, 5.41) is 24.3. The van der Waals surface area contributed by atoms with E-state index >= 15 is 0 Å². The molecular formula is C29H18ClN3O3. The van der Waals surface area contributed by atoms with Crippen molar-refractivity contribution in [3.05, 3.63) is 112 Å². The number of benzene rings is 4. The largest absolute Gasteiger partial charge is 0.478 e. The molecule has 0 bridgehead atoms. The first-order valence-corrected chi connectivity index (χ1v) is 11.4. The molecule has 0 radical (unpaired) electrons. The molecule has 1 aromatic heterocycles. The summed E-state index contributed by atoms with van der Waals surface area (Å²) in [5.74, 6) is -1.40. The van der Waals surface area contributed by atoms with Crippen LogP contribution in [0, 0.1) is 18.3 Å². The van der Waals surface area contributed by atoms with E-state index in [0.717, 1.165) is 22.1 Å². The second-order valence-electron chi connectivity index (χ2n) is 8.30. The van der Waals surface area contributed by atoms with Gasteiger partial charge in [-0.3, -0.25) is 4.79 Å². The van der Waals surface area contributed by atoms with E-state index < -0.39 is 5.97 Å². The normalized spacial score (nSPS) is 10.8. The number of aromatic nitrogens is 2. The van der Waals surface area contributed by atoms with E-state index in [0.29, 0.717) is 32.9 Å². The third-order valence-corrected chi connectivity index (χ3v) is 6.35. The number of carbonyl (C=O) groups excluding carboxylic acids is 1. The molecule has 174 valence electrons. The van der Waals surface area contributed by atoms with Crippen molar-refractivity contribution in [2.75, 3.05) is 0 Å². The Kier molecular flexibility index (Phi) is 5.85. The van der Waals surface area contributed by atoms with E-state index in [-0.39, 0.29) is 11.5 Å². The second kappa shape index (κ2) is 9.14. The molecule has 0 spiro atoms. The van der Waals surface area contributed by atoms with Crippen molar-refractivity contribution in [2.45, 2.75) is 6.92 Å². The average Bonchev–Trinajstić information content (AvgIpc) is 3.27. The SMILES string of the molecule is Cc1cccc(Cl)c1C(=O)n1nc(-c2ccc(C(=O)O)cc2)c2ccc(-c3cccc(C#N)c3)cc21. The van der Waals surface area contributed by atoms with Gasteiger partial charge in [-0.2, -0.15) is 15.0 Å². The van der Waals surface area contributed by atoms with Gasteiger partial charge in [-0.15, -0.1) is 0 Å². The molecule has 0 saturated heterocycles. The Bertz CT molecular complexity index is 1690. The van der Waals surface area contributed by atoms with Crippen LogP contribution in [0.5, 0.6) is 0 Å². The minimum Gasteiger partial charge on any atom is -0.478 e. The molecule has 5 aromatic rings. The fraction of sp³-hybridized carbons (Fsp3) is 0.0345. The lowest BCUT2D eigenvalue weighted by molar-refractivity contribution is 0.0696. The van der Waals surface area contributed by atoms with Crippen molar-refractivity contribution >= 4 is 34.4 Å². The average molecular weight is 492 g/mol. The van der Waals surface area contributed by atoms with Crippen LogP contribution in [0.3, 0.4) is 0 Å². The molecule has 0 atom stereocenters. The summed E-state index contributed by atoms with van der Waals surface area (Å²) in [4.78, 5) is 25.0. The summed E-state index contributed by atoms with van der Waals surface area (Å²) in [7, 11) is 0. The third kappa shape index (κ3) is 4.02. The Morgan fingerprint density at radius 2 is 1.61 bits per heavy atom. The lowest BCUT2D eigenvalue weighted by Gasteiger charge is -2.09. The molecule has 0 aliphatic rings. The zero-order chi connectivity index (χ0) is 25.4. The van der Waals surface area contributed by atoms with Crippen LogP contribution in [-0.4, -0.2) is 26.8 Å². The fourth-order valence-electron chi connectivity index (χ4n) is 4.21. The number of aryl methyl sites for hydroxylation is 1. The third-order valence-electron chi connectivity index (χ3n) is 6.04. The summed E-state index contributed by atoms with van der Waals surface area (Å²) >= 11 is 6.41. The molecule has 0 aliphatic heterocycles. The van der Waals surface area contributed by atoms with Crippen LogP contribution in [0.2, 0.25) is 5.02 Å². The molecule has 1 N–H and O–H groups in total. The zero-order valence-corrected chi connectivity index (χ0v) is 19.8. The van der Waals surface area contributed by atoms with Crippen molar-refractivity contribution in [3.63, 3.8) is 0 Å². The van der Waals surface area contributed by atoms with Gasteiger partial charge in [0.1, 0.15) is 5.69 Å². The quantitative estimate of drug-likeness (QED) is 0.306. The Morgan fingerprint density at radius 3 is 2.31 bits per heavy atom. The van der Waals surface area contributed by atoms with Crippen LogP contribution < -0.4 is 0 Å². The maximum Gasteiger partial charge on any atom is 0.335 e. The first kappa shape index (κ1) is 23.0. The van der Waals surface area contributed by atoms with Gasteiger partial charge in [0.2, 0.25) is 0 Å². The van der Waals surface area contributed by atoms with E-state index in [4.69, 9.17) is 11.6 Å². The van der Waals surface area contributed by atoms with E-state index in [1.165, 1.54) is 16.8 Å². The molecule has 36 heavy (non-hydrogen) atoms.